The molecule has 0 aliphatic carbocycles. The number of nitrogens with one attached hydrogen (secondary N) is 1. The minimum atomic E-state index is -0.319. The van der Waals surface area contributed by atoms with E-state index in [0.29, 0.717) is 12.2 Å². The molecule has 0 spiro atoms. The summed E-state index contributed by atoms with van der Waals surface area (Å²) in [6.07, 6.45) is 5.46. The van der Waals surface area contributed by atoms with Crippen LogP contribution in [0.15, 0.2) is 4.52 Å². The number of hydrogen-bond acceptors (Lipinski definition) is 4. The van der Waals surface area contributed by atoms with E-state index in [1.54, 1.807) is 0 Å². The second kappa shape index (κ2) is 3.32. The molecule has 0 amide bonds. The average Bonchev–Trinajstić information content (AvgIpc) is 2.36. The van der Waals surface area contributed by atoms with E-state index < -0.39 is 0 Å². The summed E-state index contributed by atoms with van der Waals surface area (Å²) in [6.45, 7) is 0. The number of aromatic amines is 1. The molecule has 1 heterocycles. The minimum Gasteiger partial charge on any atom is -0.348 e. The van der Waals surface area contributed by atoms with Crippen molar-refractivity contribution >= 4 is 12.2 Å². The van der Waals surface area contributed by atoms with Crippen LogP contribution in [-0.4, -0.2) is 10.1 Å². The smallest absolute Gasteiger partial charge is 0.314 e. The van der Waals surface area contributed by atoms with Gasteiger partial charge in [-0.05, 0) is 12.2 Å². The molecule has 0 aliphatic rings. The molecule has 0 saturated heterocycles. The Balaban J connectivity index is 2.78. The molecular formula is C6H7N3OS. The Labute approximate surface area is 68.8 Å². The van der Waals surface area contributed by atoms with Gasteiger partial charge in [-0.1, -0.05) is 0 Å². The second-order valence-electron chi connectivity index (χ2n) is 1.98. The molecule has 3 N–H and O–H groups in total. The first-order chi connectivity index (χ1) is 5.24. The Morgan fingerprint density at radius 2 is 2.64 bits per heavy atom. The van der Waals surface area contributed by atoms with Gasteiger partial charge in [-0.25, -0.2) is 5.16 Å². The van der Waals surface area contributed by atoms with E-state index in [4.69, 9.17) is 12.2 Å². The van der Waals surface area contributed by atoms with Crippen LogP contribution in [0.4, 0.5) is 0 Å². The molecule has 0 saturated carbocycles. The summed E-state index contributed by atoms with van der Waals surface area (Å²) in [5, 5.41) is 2.48. The third kappa shape index (κ3) is 1.90. The summed E-state index contributed by atoms with van der Waals surface area (Å²) >= 11 is 4.62. The molecule has 0 radical (unpaired) electrons. The van der Waals surface area contributed by atoms with Crippen LogP contribution in [0.3, 0.4) is 0 Å². The van der Waals surface area contributed by atoms with Crippen LogP contribution in [-0.2, 0) is 0 Å². The van der Waals surface area contributed by atoms with E-state index in [1.165, 1.54) is 0 Å². The first kappa shape index (κ1) is 7.98. The van der Waals surface area contributed by atoms with Crippen molar-refractivity contribution in [3.05, 3.63) is 10.7 Å². The third-order valence-corrected chi connectivity index (χ3v) is 1.32. The Bertz CT molecular complexity index is 321. The molecule has 58 valence electrons. The van der Waals surface area contributed by atoms with Crippen molar-refractivity contribution in [1.29, 1.82) is 0 Å². The van der Waals surface area contributed by atoms with Crippen molar-refractivity contribution < 1.29 is 4.52 Å². The Hall–Kier alpha value is -1.12. The lowest BCUT2D eigenvalue weighted by atomic mass is 10.2. The molecule has 1 rings (SSSR count). The number of nitrogens with zero attached hydrogens (tertiary/aromatic N) is 1. The van der Waals surface area contributed by atoms with Gasteiger partial charge in [-0.3, -0.25) is 0 Å². The fourth-order valence-corrected chi connectivity index (χ4v) is 0.762. The standard InChI is InChI=1S/C6H7N3OS/c1-2-3-4(7)5-8-6(11)10-9-5/h1,4H,3,7H2,(H,8,9,11). The number of terminal acetylenes is 1. The highest BCUT2D eigenvalue weighted by Crippen LogP contribution is 2.06. The van der Waals surface area contributed by atoms with E-state index in [2.05, 4.69) is 32.8 Å². The summed E-state index contributed by atoms with van der Waals surface area (Å²) < 4.78 is 4.66. The molecule has 1 atom stereocenters. The van der Waals surface area contributed by atoms with Gasteiger partial charge < -0.3 is 10.3 Å². The van der Waals surface area contributed by atoms with Crippen molar-refractivity contribution in [2.45, 2.75) is 12.5 Å². The maximum Gasteiger partial charge on any atom is 0.314 e. The largest absolute Gasteiger partial charge is 0.348 e. The molecule has 11 heavy (non-hydrogen) atoms. The molecular weight excluding hydrogens is 162 g/mol. The molecule has 1 unspecified atom stereocenters. The van der Waals surface area contributed by atoms with E-state index in [0.717, 1.165) is 0 Å². The van der Waals surface area contributed by atoms with Crippen LogP contribution < -0.4 is 5.73 Å². The predicted molar refractivity (Wildman–Crippen MR) is 42.1 cm³/mol. The summed E-state index contributed by atoms with van der Waals surface area (Å²) in [6, 6.07) is -0.319. The molecule has 0 fully saturated rings. The lowest BCUT2D eigenvalue weighted by Crippen LogP contribution is -2.10. The molecule has 1 aromatic rings. The van der Waals surface area contributed by atoms with Crippen molar-refractivity contribution in [3.8, 4) is 12.3 Å². The summed E-state index contributed by atoms with van der Waals surface area (Å²) in [5.41, 5.74) is 5.58. The molecule has 0 bridgehead atoms. The Kier molecular flexibility index (Phi) is 2.41. The van der Waals surface area contributed by atoms with E-state index in [1.807, 2.05) is 0 Å². The lowest BCUT2D eigenvalue weighted by Gasteiger charge is -1.99. The zero-order valence-electron chi connectivity index (χ0n) is 5.70. The number of H-pyrrole nitrogens is 1. The van der Waals surface area contributed by atoms with E-state index >= 15 is 0 Å². The Morgan fingerprint density at radius 1 is 1.91 bits per heavy atom. The number of hydrogen-bond donors (Lipinski definition) is 2. The molecule has 1 aromatic heterocycles. The highest BCUT2D eigenvalue weighted by molar-refractivity contribution is 7.71. The van der Waals surface area contributed by atoms with Crippen LogP contribution in [0, 0.1) is 17.2 Å². The highest BCUT2D eigenvalue weighted by atomic mass is 32.1. The maximum absolute atomic E-state index is 5.58. The van der Waals surface area contributed by atoms with Gasteiger partial charge in [0.2, 0.25) is 0 Å². The zero-order valence-corrected chi connectivity index (χ0v) is 6.52. The van der Waals surface area contributed by atoms with Gasteiger partial charge in [0, 0.05) is 6.42 Å². The molecule has 4 nitrogen and oxygen atoms in total. The molecule has 0 aromatic carbocycles. The second-order valence-corrected chi connectivity index (χ2v) is 2.33. The normalized spacial score (nSPS) is 12.4. The molecule has 0 aliphatic heterocycles. The first-order valence-corrected chi connectivity index (χ1v) is 3.39. The first-order valence-electron chi connectivity index (χ1n) is 2.98. The van der Waals surface area contributed by atoms with Crippen LogP contribution in [0.25, 0.3) is 0 Å². The van der Waals surface area contributed by atoms with Gasteiger partial charge in [-0.15, -0.1) is 12.3 Å². The fourth-order valence-electron chi connectivity index (χ4n) is 0.622. The number of aromatic nitrogens is 2. The SMILES string of the molecule is C#CCC(N)c1nc(=S)o[nH]1. The topological polar surface area (TPSA) is 67.8 Å². The van der Waals surface area contributed by atoms with Gasteiger partial charge in [-0.2, -0.15) is 4.98 Å². The zero-order chi connectivity index (χ0) is 8.27. The third-order valence-electron chi connectivity index (χ3n) is 1.14. The monoisotopic (exact) mass is 169 g/mol. The summed E-state index contributed by atoms with van der Waals surface area (Å²) in [4.78, 5) is 3.95. The average molecular weight is 169 g/mol. The van der Waals surface area contributed by atoms with Crippen molar-refractivity contribution in [3.63, 3.8) is 0 Å². The molecule has 5 heteroatoms. The quantitative estimate of drug-likeness (QED) is 0.506. The van der Waals surface area contributed by atoms with Gasteiger partial charge in [0.25, 0.3) is 0 Å². The fraction of sp³-hybridized carbons (Fsp3) is 0.333. The van der Waals surface area contributed by atoms with E-state index in [-0.39, 0.29) is 10.9 Å². The van der Waals surface area contributed by atoms with Gasteiger partial charge in [0.15, 0.2) is 5.82 Å². The van der Waals surface area contributed by atoms with E-state index in [9.17, 15) is 0 Å². The summed E-state index contributed by atoms with van der Waals surface area (Å²) in [5.74, 6) is 2.91. The number of rotatable bonds is 2. The lowest BCUT2D eigenvalue weighted by molar-refractivity contribution is 0.394. The van der Waals surface area contributed by atoms with Crippen LogP contribution in [0.2, 0.25) is 0 Å². The predicted octanol–water partition coefficient (Wildman–Crippen LogP) is 0.755. The van der Waals surface area contributed by atoms with Crippen molar-refractivity contribution in [1.82, 2.24) is 10.1 Å². The van der Waals surface area contributed by atoms with Crippen LogP contribution >= 0.6 is 12.2 Å². The highest BCUT2D eigenvalue weighted by Gasteiger charge is 2.07. The summed E-state index contributed by atoms with van der Waals surface area (Å²) in [7, 11) is 0. The van der Waals surface area contributed by atoms with Crippen LogP contribution in [0.5, 0.6) is 0 Å². The Morgan fingerprint density at radius 3 is 3.09 bits per heavy atom. The van der Waals surface area contributed by atoms with Crippen molar-refractivity contribution in [2.24, 2.45) is 5.73 Å². The van der Waals surface area contributed by atoms with Crippen molar-refractivity contribution in [2.75, 3.05) is 0 Å². The van der Waals surface area contributed by atoms with Gasteiger partial charge in [0.05, 0.1) is 6.04 Å². The number of nitrogens with two attached hydrogens (primary N) is 1. The van der Waals surface area contributed by atoms with Gasteiger partial charge in [0.1, 0.15) is 0 Å². The maximum atomic E-state index is 5.58. The van der Waals surface area contributed by atoms with Crippen LogP contribution in [0.1, 0.15) is 18.3 Å². The minimum absolute atomic E-state index is 0.146. The van der Waals surface area contributed by atoms with Gasteiger partial charge >= 0.3 is 4.84 Å².